The average molecular weight is 484 g/mol. The maximum Gasteiger partial charge on any atom is 2.00 e. The predicted octanol–water partition coefficient (Wildman–Crippen LogP) is -1.05. The Labute approximate surface area is 181 Å². The molecule has 0 aliphatic carbocycles. The molecule has 1 N–H and O–H groups in total. The number of carboxylic acids is 1. The predicted molar refractivity (Wildman–Crippen MR) is 79.2 cm³/mol. The molecule has 11 heteroatoms. The number of carboxylic acid groups (broad SMARTS) is 1. The summed E-state index contributed by atoms with van der Waals surface area (Å²) in [5.74, 6) is -2.96. The van der Waals surface area contributed by atoms with E-state index in [1.54, 1.807) is 6.08 Å². The second kappa shape index (κ2) is 12.2. The van der Waals surface area contributed by atoms with Crippen LogP contribution in [-0.4, -0.2) is 90.1 Å². The third-order valence-electron chi connectivity index (χ3n) is 2.98. The Bertz CT molecular complexity index is 412. The van der Waals surface area contributed by atoms with Gasteiger partial charge in [-0.05, 0) is 12.8 Å². The maximum absolute atomic E-state index is 11.8. The minimum absolute atomic E-state index is 0. The monoisotopic (exact) mass is 484 g/mol. The van der Waals surface area contributed by atoms with Crippen LogP contribution in [0.15, 0.2) is 12.2 Å². The Morgan fingerprint density at radius 3 is 2.48 bits per heavy atom. The number of carbonyl (C=O) groups excluding carboxylic acids is 1. The second-order valence-electron chi connectivity index (χ2n) is 4.94. The minimum Gasteiger partial charge on any atom is -0.831 e. The van der Waals surface area contributed by atoms with Gasteiger partial charge in [0.15, 0.2) is 0 Å². The molecule has 1 heterocycles. The van der Waals surface area contributed by atoms with Crippen molar-refractivity contribution in [3.05, 3.63) is 12.2 Å². The van der Waals surface area contributed by atoms with E-state index in [4.69, 9.17) is 8.90 Å². The van der Waals surface area contributed by atoms with E-state index in [-0.39, 0.29) is 48.9 Å². The van der Waals surface area contributed by atoms with Crippen molar-refractivity contribution in [1.29, 1.82) is 0 Å². The van der Waals surface area contributed by atoms with Gasteiger partial charge in [0.2, 0.25) is 0 Å². The van der Waals surface area contributed by atoms with Gasteiger partial charge in [-0.3, -0.25) is 9.59 Å². The van der Waals surface area contributed by atoms with Crippen LogP contribution in [0.2, 0.25) is 0 Å². The Morgan fingerprint density at radius 1 is 1.30 bits per heavy atom. The molecule has 1 unspecified atom stereocenters. The number of hydrogen-bond acceptors (Lipinski definition) is 7. The van der Waals surface area contributed by atoms with Crippen molar-refractivity contribution in [1.82, 2.24) is 0 Å². The normalized spacial score (nSPS) is 17.3. The topological polar surface area (TPSA) is 128 Å². The third kappa shape index (κ3) is 10.4. The van der Waals surface area contributed by atoms with Gasteiger partial charge in [0, 0.05) is 0 Å². The first-order chi connectivity index (χ1) is 10.3. The van der Waals surface area contributed by atoms with Crippen LogP contribution < -0.4 is 9.59 Å². The molecule has 0 spiro atoms. The van der Waals surface area contributed by atoms with Crippen molar-refractivity contribution in [3.63, 3.8) is 0 Å². The van der Waals surface area contributed by atoms with Crippen LogP contribution in [0, 0.1) is 5.92 Å². The fourth-order valence-electron chi connectivity index (χ4n) is 1.84. The molecular weight excluding hydrogens is 465 g/mol. The van der Waals surface area contributed by atoms with Crippen molar-refractivity contribution in [2.24, 2.45) is 5.92 Å². The van der Waals surface area contributed by atoms with Crippen LogP contribution in [0.4, 0.5) is 0 Å². The Kier molecular flexibility index (Phi) is 12.7. The largest absolute Gasteiger partial charge is 2.00 e. The molecule has 0 aromatic rings. The first-order valence-electron chi connectivity index (χ1n) is 7.19. The van der Waals surface area contributed by atoms with Crippen LogP contribution in [0.5, 0.6) is 0 Å². The van der Waals surface area contributed by atoms with Crippen molar-refractivity contribution in [2.45, 2.75) is 45.4 Å². The molecule has 8 nitrogen and oxygen atoms in total. The van der Waals surface area contributed by atoms with E-state index in [1.807, 2.05) is 0 Å². The Balaban J connectivity index is 0.00000484. The van der Waals surface area contributed by atoms with Gasteiger partial charge in [-0.1, -0.05) is 38.3 Å². The number of carbonyl (C=O) groups is 2. The molecule has 1 rings (SSSR count). The zero-order valence-corrected chi connectivity index (χ0v) is 19.7. The molecule has 1 atom stereocenters. The summed E-state index contributed by atoms with van der Waals surface area (Å²) in [6.45, 7) is 2.10. The summed E-state index contributed by atoms with van der Waals surface area (Å²) in [5.41, 5.74) is 0. The number of hydrogen-bond donors (Lipinski definition) is 1. The van der Waals surface area contributed by atoms with Crippen molar-refractivity contribution in [3.8, 4) is 0 Å². The van der Waals surface area contributed by atoms with Crippen LogP contribution in [0.25, 0.3) is 0 Å². The van der Waals surface area contributed by atoms with Gasteiger partial charge in [-0.15, -0.1) is 0 Å². The fourth-order valence-corrected chi connectivity index (χ4v) is 4.55. The molecule has 0 aromatic heterocycles. The van der Waals surface area contributed by atoms with E-state index in [0.717, 1.165) is 32.1 Å². The zero-order chi connectivity index (χ0) is 16.6. The summed E-state index contributed by atoms with van der Waals surface area (Å²) in [6, 6.07) is 0. The van der Waals surface area contributed by atoms with E-state index in [1.165, 1.54) is 6.08 Å². The van der Waals surface area contributed by atoms with Gasteiger partial charge in [-0.25, -0.2) is 0 Å². The summed E-state index contributed by atoms with van der Waals surface area (Å²) >= 11 is -2.98. The van der Waals surface area contributed by atoms with Gasteiger partial charge in [0.05, 0.1) is 21.4 Å². The van der Waals surface area contributed by atoms with Crippen LogP contribution in [0.1, 0.15) is 45.4 Å². The van der Waals surface area contributed by atoms with E-state index in [9.17, 15) is 19.2 Å². The number of aliphatic carboxylic acids is 1. The van der Waals surface area contributed by atoms with E-state index in [2.05, 4.69) is 13.9 Å². The summed E-state index contributed by atoms with van der Waals surface area (Å²) in [6.07, 6.45) is 7.83. The maximum atomic E-state index is 11.8. The summed E-state index contributed by atoms with van der Waals surface area (Å²) < 4.78 is 13.5. The molecule has 1 fully saturated rings. The SMILES string of the molecule is CCCCCCC=CC(CC(=O)O)C(=O)[O][Al]1[O][Si]([O-])([O-])[O]1.[Ba+2]. The minimum atomic E-state index is -4.54. The average Bonchev–Trinajstić information content (AvgIpc) is 2.38. The van der Waals surface area contributed by atoms with E-state index in [0.29, 0.717) is 0 Å². The zero-order valence-electron chi connectivity index (χ0n) is 13.1. The summed E-state index contributed by atoms with van der Waals surface area (Å²) in [5, 5.41) is 8.81. The standard InChI is InChI=1S/C12H20O4.Al.Ba.O4Si/c1-2-3-4-5-6-7-8-10(12(15)16)9-11(13)14;;;1-5(2,3)4/h7-8,10H,2-6,9H2,1H3,(H,13,14)(H,15,16);;;/q;+3;+2;-4/p-1. The molecule has 0 amide bonds. The number of allylic oxidation sites excluding steroid dienone is 1. The number of unbranched alkanes of at least 4 members (excludes halogenated alkanes) is 4. The van der Waals surface area contributed by atoms with Crippen LogP contribution in [0.3, 0.4) is 0 Å². The number of rotatable bonds is 10. The molecule has 124 valence electrons. The van der Waals surface area contributed by atoms with Crippen molar-refractivity contribution < 1.29 is 35.0 Å². The summed E-state index contributed by atoms with van der Waals surface area (Å²) in [4.78, 5) is 43.9. The molecule has 1 saturated heterocycles. The van der Waals surface area contributed by atoms with Crippen molar-refractivity contribution >= 4 is 85.0 Å². The summed E-state index contributed by atoms with van der Waals surface area (Å²) in [7, 11) is -4.54. The molecule has 0 saturated carbocycles. The Hall–Kier alpha value is 0.841. The van der Waals surface area contributed by atoms with Crippen molar-refractivity contribution in [2.75, 3.05) is 0 Å². The quantitative estimate of drug-likeness (QED) is 0.237. The fraction of sp³-hybridized carbons (Fsp3) is 0.667. The van der Waals surface area contributed by atoms with Gasteiger partial charge < -0.3 is 25.4 Å². The second-order valence-corrected chi connectivity index (χ2v) is 8.64. The molecule has 0 radical (unpaired) electrons. The van der Waals surface area contributed by atoms with Crippen LogP contribution in [-0.2, 0) is 20.3 Å². The third-order valence-corrected chi connectivity index (χ3v) is 7.26. The molecular formula is C12H19AlBaO8Si. The first kappa shape index (κ1) is 23.8. The Morgan fingerprint density at radius 2 is 1.96 bits per heavy atom. The van der Waals surface area contributed by atoms with Gasteiger partial charge in [-0.2, -0.15) is 0 Å². The first-order valence-corrected chi connectivity index (χ1v) is 10.2. The molecule has 0 aromatic carbocycles. The van der Waals surface area contributed by atoms with Gasteiger partial charge in [0.25, 0.3) is 5.97 Å². The smallest absolute Gasteiger partial charge is 0.831 e. The molecule has 1 aliphatic heterocycles. The van der Waals surface area contributed by atoms with Crippen LogP contribution >= 0.6 is 0 Å². The van der Waals surface area contributed by atoms with Gasteiger partial charge >= 0.3 is 70.0 Å². The molecule has 1 aliphatic rings. The molecule has 0 bridgehead atoms. The van der Waals surface area contributed by atoms with Gasteiger partial charge in [0.1, 0.15) is 0 Å². The van der Waals surface area contributed by atoms with E-state index >= 15 is 0 Å². The van der Waals surface area contributed by atoms with E-state index < -0.39 is 48.5 Å². The molecule has 23 heavy (non-hydrogen) atoms.